The number of hydrogen-bond donors (Lipinski definition) is 3. The van der Waals surface area contributed by atoms with Crippen molar-refractivity contribution in [1.29, 1.82) is 0 Å². The first-order chi connectivity index (χ1) is 14.6. The molecule has 30 heavy (non-hydrogen) atoms. The first kappa shape index (κ1) is 22.8. The van der Waals surface area contributed by atoms with Crippen LogP contribution in [0.2, 0.25) is 0 Å². The Morgan fingerprint density at radius 1 is 1.17 bits per heavy atom. The van der Waals surface area contributed by atoms with Gasteiger partial charge < -0.3 is 15.7 Å². The van der Waals surface area contributed by atoms with Crippen molar-refractivity contribution in [2.45, 2.75) is 52.3 Å². The summed E-state index contributed by atoms with van der Waals surface area (Å²) < 4.78 is 0. The Morgan fingerprint density at radius 2 is 1.90 bits per heavy atom. The Bertz CT molecular complexity index is 752. The zero-order valence-electron chi connectivity index (χ0n) is 18.3. The molecule has 1 aliphatic rings. The van der Waals surface area contributed by atoms with Gasteiger partial charge in [-0.1, -0.05) is 37.3 Å². The summed E-state index contributed by atoms with van der Waals surface area (Å²) in [6.45, 7) is 9.74. The van der Waals surface area contributed by atoms with Crippen LogP contribution in [-0.4, -0.2) is 48.2 Å². The highest BCUT2D eigenvalue weighted by atomic mass is 32.1. The number of aliphatic imine (C=N–C) groups is 1. The van der Waals surface area contributed by atoms with Crippen molar-refractivity contribution in [3.05, 3.63) is 57.8 Å². The van der Waals surface area contributed by atoms with Crippen LogP contribution < -0.4 is 10.6 Å². The smallest absolute Gasteiger partial charge is 0.191 e. The second-order valence-electron chi connectivity index (χ2n) is 8.29. The number of likely N-dealkylation sites (tertiary alicyclic amines) is 1. The zero-order chi connectivity index (χ0) is 21.2. The summed E-state index contributed by atoms with van der Waals surface area (Å²) in [5, 5.41) is 18.6. The van der Waals surface area contributed by atoms with Gasteiger partial charge in [0.1, 0.15) is 0 Å². The summed E-state index contributed by atoms with van der Waals surface area (Å²) in [5.74, 6) is 1.44. The summed E-state index contributed by atoms with van der Waals surface area (Å²) in [7, 11) is 0. The van der Waals surface area contributed by atoms with E-state index in [-0.39, 0.29) is 6.10 Å². The highest BCUT2D eigenvalue weighted by Gasteiger charge is 2.16. The van der Waals surface area contributed by atoms with Crippen LogP contribution in [0.4, 0.5) is 0 Å². The first-order valence-electron chi connectivity index (χ1n) is 11.1. The quantitative estimate of drug-likeness (QED) is 0.422. The largest absolute Gasteiger partial charge is 0.393 e. The summed E-state index contributed by atoms with van der Waals surface area (Å²) in [5.41, 5.74) is 2.54. The fourth-order valence-electron chi connectivity index (χ4n) is 3.71. The maximum Gasteiger partial charge on any atom is 0.191 e. The molecule has 1 fully saturated rings. The van der Waals surface area contributed by atoms with Gasteiger partial charge in [-0.3, -0.25) is 4.90 Å². The highest BCUT2D eigenvalue weighted by Crippen LogP contribution is 2.15. The molecule has 3 N–H and O–H groups in total. The lowest BCUT2D eigenvalue weighted by Crippen LogP contribution is -2.39. The molecule has 3 rings (SSSR count). The van der Waals surface area contributed by atoms with Crippen molar-refractivity contribution >= 4 is 17.3 Å². The molecule has 1 atom stereocenters. The van der Waals surface area contributed by atoms with Gasteiger partial charge in [-0.05, 0) is 54.7 Å². The van der Waals surface area contributed by atoms with E-state index in [1.54, 1.807) is 0 Å². The molecule has 5 nitrogen and oxygen atoms in total. The number of piperidine rings is 1. The Hall–Kier alpha value is -1.89. The van der Waals surface area contributed by atoms with Crippen molar-refractivity contribution in [2.24, 2.45) is 10.9 Å². The van der Waals surface area contributed by atoms with E-state index in [1.165, 1.54) is 16.0 Å². The fraction of sp³-hybridized carbons (Fsp3) is 0.542. The number of nitrogens with one attached hydrogen (secondary N) is 2. The second-order valence-corrected chi connectivity index (χ2v) is 9.32. The second kappa shape index (κ2) is 12.1. The topological polar surface area (TPSA) is 59.9 Å². The van der Waals surface area contributed by atoms with Gasteiger partial charge >= 0.3 is 0 Å². The third kappa shape index (κ3) is 7.74. The minimum absolute atomic E-state index is 0.111. The van der Waals surface area contributed by atoms with Crippen LogP contribution in [0, 0.1) is 5.92 Å². The molecule has 2 aromatic rings. The van der Waals surface area contributed by atoms with Crippen LogP contribution in [-0.2, 0) is 19.5 Å². The van der Waals surface area contributed by atoms with E-state index in [9.17, 15) is 5.11 Å². The lowest BCUT2D eigenvalue weighted by molar-refractivity contribution is 0.0792. The molecule has 1 saturated heterocycles. The minimum Gasteiger partial charge on any atom is -0.393 e. The Kier molecular flexibility index (Phi) is 9.18. The average Bonchev–Trinajstić information content (AvgIpc) is 3.26. The maximum atomic E-state index is 9.65. The Labute approximate surface area is 185 Å². The van der Waals surface area contributed by atoms with Gasteiger partial charge in [-0.2, -0.15) is 0 Å². The normalized spacial score (nSPS) is 17.1. The molecule has 1 aliphatic heterocycles. The molecule has 6 heteroatoms. The third-order valence-corrected chi connectivity index (χ3v) is 6.40. The maximum absolute atomic E-state index is 9.65. The van der Waals surface area contributed by atoms with Crippen LogP contribution in [0.15, 0.2) is 46.8 Å². The van der Waals surface area contributed by atoms with Gasteiger partial charge in [0.05, 0.1) is 12.6 Å². The first-order valence-corrected chi connectivity index (χ1v) is 12.0. The van der Waals surface area contributed by atoms with Crippen LogP contribution in [0.5, 0.6) is 0 Å². The molecular formula is C24H36N4OS. The summed E-state index contributed by atoms with van der Waals surface area (Å²) in [6, 6.07) is 13.1. The number of aliphatic hydroxyl groups is 1. The predicted octanol–water partition coefficient (Wildman–Crippen LogP) is 3.64. The summed E-state index contributed by atoms with van der Waals surface area (Å²) in [4.78, 5) is 8.62. The molecule has 0 saturated carbocycles. The van der Waals surface area contributed by atoms with Crippen molar-refractivity contribution < 1.29 is 5.11 Å². The fourth-order valence-corrected chi connectivity index (χ4v) is 4.58. The molecule has 0 radical (unpaired) electrons. The third-order valence-electron chi connectivity index (χ3n) is 5.50. The lowest BCUT2D eigenvalue weighted by Gasteiger charge is -2.29. The molecule has 1 unspecified atom stereocenters. The number of aliphatic hydroxyl groups excluding tert-OH is 1. The zero-order valence-corrected chi connectivity index (χ0v) is 19.1. The van der Waals surface area contributed by atoms with E-state index in [2.05, 4.69) is 71.2 Å². The average molecular weight is 429 g/mol. The number of hydrogen-bond acceptors (Lipinski definition) is 4. The molecule has 164 valence electrons. The van der Waals surface area contributed by atoms with Gasteiger partial charge in [0.2, 0.25) is 0 Å². The van der Waals surface area contributed by atoms with E-state index >= 15 is 0 Å². The van der Waals surface area contributed by atoms with E-state index in [0.717, 1.165) is 57.9 Å². The molecule has 0 amide bonds. The van der Waals surface area contributed by atoms with Crippen LogP contribution in [0.1, 0.15) is 42.7 Å². The van der Waals surface area contributed by atoms with Crippen LogP contribution in [0.25, 0.3) is 0 Å². The molecule has 0 bridgehead atoms. The van der Waals surface area contributed by atoms with Gasteiger partial charge in [0, 0.05) is 37.6 Å². The standard InChI is InChI=1S/C24H36N4OS/c1-3-25-24(26-16-19(2)15-23-5-4-14-30-23)27-17-20-6-8-21(9-7-20)18-28-12-10-22(29)11-13-28/h4-9,14,19,22,29H,3,10-13,15-18H2,1-2H3,(H2,25,26,27). The number of nitrogens with zero attached hydrogens (tertiary/aromatic N) is 2. The van der Waals surface area contributed by atoms with Crippen molar-refractivity contribution in [3.8, 4) is 0 Å². The molecule has 0 spiro atoms. The predicted molar refractivity (Wildman–Crippen MR) is 127 cm³/mol. The summed E-state index contributed by atoms with van der Waals surface area (Å²) in [6.07, 6.45) is 2.76. The van der Waals surface area contributed by atoms with Gasteiger partial charge in [-0.15, -0.1) is 11.3 Å². The van der Waals surface area contributed by atoms with Crippen molar-refractivity contribution in [1.82, 2.24) is 15.5 Å². The van der Waals surface area contributed by atoms with E-state index < -0.39 is 0 Å². The molecular weight excluding hydrogens is 392 g/mol. The number of rotatable bonds is 9. The molecule has 1 aromatic carbocycles. The molecule has 0 aliphatic carbocycles. The van der Waals surface area contributed by atoms with E-state index in [4.69, 9.17) is 4.99 Å². The highest BCUT2D eigenvalue weighted by molar-refractivity contribution is 7.09. The van der Waals surface area contributed by atoms with Crippen LogP contribution >= 0.6 is 11.3 Å². The Balaban J connectivity index is 1.46. The van der Waals surface area contributed by atoms with Crippen molar-refractivity contribution in [3.63, 3.8) is 0 Å². The van der Waals surface area contributed by atoms with Crippen molar-refractivity contribution in [2.75, 3.05) is 26.2 Å². The number of thiophene rings is 1. The lowest BCUT2D eigenvalue weighted by atomic mass is 10.1. The SMILES string of the molecule is CCNC(=NCc1ccc(CN2CCC(O)CC2)cc1)NCC(C)Cc1cccs1. The van der Waals surface area contributed by atoms with Gasteiger partial charge in [0.15, 0.2) is 5.96 Å². The van der Waals surface area contributed by atoms with Gasteiger partial charge in [-0.25, -0.2) is 4.99 Å². The van der Waals surface area contributed by atoms with Crippen LogP contribution in [0.3, 0.4) is 0 Å². The summed E-state index contributed by atoms with van der Waals surface area (Å²) >= 11 is 1.83. The van der Waals surface area contributed by atoms with Gasteiger partial charge in [0.25, 0.3) is 0 Å². The molecule has 2 heterocycles. The minimum atomic E-state index is -0.111. The number of benzene rings is 1. The number of guanidine groups is 1. The molecule has 1 aromatic heterocycles. The monoisotopic (exact) mass is 428 g/mol. The van der Waals surface area contributed by atoms with E-state index in [0.29, 0.717) is 12.5 Å². The Morgan fingerprint density at radius 3 is 2.57 bits per heavy atom. The van der Waals surface area contributed by atoms with E-state index in [1.807, 2.05) is 11.3 Å².